The number of fused-ring (bicyclic) bond motifs is 4. The predicted molar refractivity (Wildman–Crippen MR) is 182 cm³/mol. The Balaban J connectivity index is 0.00000338. The minimum absolute atomic E-state index is 0. The van der Waals surface area contributed by atoms with Gasteiger partial charge in [-0.15, -0.1) is 58.7 Å². The van der Waals surface area contributed by atoms with Crippen molar-refractivity contribution in [1.82, 2.24) is 15.0 Å². The van der Waals surface area contributed by atoms with E-state index in [2.05, 4.69) is 129 Å². The monoisotopic (exact) mass is 772 g/mol. The van der Waals surface area contributed by atoms with Gasteiger partial charge >= 0.3 is 21.1 Å². The molecule has 7 aromatic rings. The van der Waals surface area contributed by atoms with E-state index in [1.807, 2.05) is 42.9 Å². The average molecular weight is 773 g/mol. The third-order valence-corrected chi connectivity index (χ3v) is 9.03. The molecule has 3 nitrogen and oxygen atoms in total. The summed E-state index contributed by atoms with van der Waals surface area (Å²) in [6, 6.07) is 48.4. The first-order chi connectivity index (χ1) is 21.9. The van der Waals surface area contributed by atoms with Crippen molar-refractivity contribution in [3.8, 4) is 33.6 Å². The fraction of sp³-hybridized carbons (Fsp3) is 0.119. The Kier molecular flexibility index (Phi) is 7.54. The van der Waals surface area contributed by atoms with E-state index in [4.69, 9.17) is 9.97 Å². The van der Waals surface area contributed by atoms with Crippen LogP contribution < -0.4 is 0 Å². The van der Waals surface area contributed by atoms with Crippen LogP contribution in [-0.2, 0) is 31.9 Å². The van der Waals surface area contributed by atoms with E-state index in [1.165, 1.54) is 27.8 Å². The molecule has 224 valence electrons. The Bertz CT molecular complexity index is 2170. The molecule has 3 aromatic heterocycles. The van der Waals surface area contributed by atoms with Crippen molar-refractivity contribution < 1.29 is 21.1 Å². The van der Waals surface area contributed by atoms with Crippen LogP contribution in [-0.4, -0.2) is 15.0 Å². The van der Waals surface area contributed by atoms with Gasteiger partial charge in [-0.1, -0.05) is 105 Å². The molecule has 0 saturated carbocycles. The van der Waals surface area contributed by atoms with E-state index < -0.39 is 5.41 Å². The summed E-state index contributed by atoms with van der Waals surface area (Å²) >= 11 is 0. The summed E-state index contributed by atoms with van der Waals surface area (Å²) < 4.78 is 0. The Morgan fingerprint density at radius 1 is 0.565 bits per heavy atom. The molecule has 0 atom stereocenters. The summed E-state index contributed by atoms with van der Waals surface area (Å²) in [5.74, 6) is 0. The maximum absolute atomic E-state index is 4.90. The summed E-state index contributed by atoms with van der Waals surface area (Å²) in [4.78, 5) is 14.5. The fourth-order valence-electron chi connectivity index (χ4n) is 6.88. The standard InChI is InChI=1S/C42H31N3.Pt/c1-41(2,3)29-20-23-45-40(26-29)35-25-31(27-39-34(35)16-11-22-44-39)42(30-13-10-12-28(24-30)38-19-8-9-21-43-38)36-17-6-4-14-32(36)33-15-5-7-18-37(33)42;/h4-23,26-27H,1-3H3;/q-2;+2. The summed E-state index contributed by atoms with van der Waals surface area (Å²) in [5, 5.41) is 1.03. The van der Waals surface area contributed by atoms with Gasteiger partial charge in [-0.3, -0.25) is 4.98 Å². The smallest absolute Gasteiger partial charge is 0.305 e. The quantitative estimate of drug-likeness (QED) is 0.167. The van der Waals surface area contributed by atoms with Crippen LogP contribution in [0, 0.1) is 12.1 Å². The SMILES string of the molecule is CC(C)(C)c1ccnc(-c2[c-]c(C3(c4[c-]c(-c5ccccn5)ccc4)c4ccccc4-c4ccccc43)cc3ncccc23)c1.[Pt+2]. The summed E-state index contributed by atoms with van der Waals surface area (Å²) in [6.45, 7) is 6.70. The molecule has 0 amide bonds. The van der Waals surface area contributed by atoms with Gasteiger partial charge in [0.2, 0.25) is 0 Å². The van der Waals surface area contributed by atoms with Crippen LogP contribution in [0.5, 0.6) is 0 Å². The number of rotatable bonds is 4. The van der Waals surface area contributed by atoms with Crippen molar-refractivity contribution in [2.45, 2.75) is 31.6 Å². The molecule has 8 rings (SSSR count). The van der Waals surface area contributed by atoms with Gasteiger partial charge < -0.3 is 9.97 Å². The molecular formula is C42H31N3Pt. The molecule has 4 aromatic carbocycles. The molecule has 0 spiro atoms. The molecule has 0 aliphatic heterocycles. The third kappa shape index (κ3) is 4.73. The van der Waals surface area contributed by atoms with Gasteiger partial charge in [0, 0.05) is 24.0 Å². The van der Waals surface area contributed by atoms with Gasteiger partial charge in [0.25, 0.3) is 0 Å². The number of hydrogen-bond acceptors (Lipinski definition) is 3. The van der Waals surface area contributed by atoms with E-state index in [-0.39, 0.29) is 26.5 Å². The molecule has 1 aliphatic rings. The van der Waals surface area contributed by atoms with Gasteiger partial charge in [0.15, 0.2) is 0 Å². The fourth-order valence-corrected chi connectivity index (χ4v) is 6.88. The van der Waals surface area contributed by atoms with Gasteiger partial charge in [-0.05, 0) is 62.3 Å². The molecule has 0 N–H and O–H groups in total. The Morgan fingerprint density at radius 3 is 1.98 bits per heavy atom. The Morgan fingerprint density at radius 2 is 1.26 bits per heavy atom. The second-order valence-electron chi connectivity index (χ2n) is 12.7. The average Bonchev–Trinajstić information content (AvgIpc) is 3.39. The van der Waals surface area contributed by atoms with Gasteiger partial charge in [0.05, 0.1) is 0 Å². The van der Waals surface area contributed by atoms with Crippen LogP contribution in [0.4, 0.5) is 0 Å². The van der Waals surface area contributed by atoms with Crippen LogP contribution in [0.1, 0.15) is 48.6 Å². The number of pyridine rings is 3. The van der Waals surface area contributed by atoms with E-state index >= 15 is 0 Å². The molecule has 4 heteroatoms. The van der Waals surface area contributed by atoms with Crippen molar-refractivity contribution in [1.29, 1.82) is 0 Å². The van der Waals surface area contributed by atoms with Gasteiger partial charge in [0.1, 0.15) is 0 Å². The van der Waals surface area contributed by atoms with E-state index in [9.17, 15) is 0 Å². The van der Waals surface area contributed by atoms with Crippen molar-refractivity contribution >= 4 is 10.9 Å². The number of nitrogens with zero attached hydrogens (tertiary/aromatic N) is 3. The molecule has 0 fully saturated rings. The Hall–Kier alpha value is -4.72. The van der Waals surface area contributed by atoms with Crippen LogP contribution in [0.2, 0.25) is 0 Å². The molecule has 0 bridgehead atoms. The zero-order valence-electron chi connectivity index (χ0n) is 25.9. The first-order valence-corrected chi connectivity index (χ1v) is 15.4. The minimum atomic E-state index is -0.694. The van der Waals surface area contributed by atoms with Crippen LogP contribution >= 0.6 is 0 Å². The second kappa shape index (κ2) is 11.6. The van der Waals surface area contributed by atoms with Crippen LogP contribution in [0.3, 0.4) is 0 Å². The van der Waals surface area contributed by atoms with Crippen LogP contribution in [0.15, 0.2) is 134 Å². The maximum Gasteiger partial charge on any atom is 2.00 e. The predicted octanol–water partition coefficient (Wildman–Crippen LogP) is 9.62. The van der Waals surface area contributed by atoms with Crippen molar-refractivity contribution in [3.63, 3.8) is 0 Å². The molecule has 46 heavy (non-hydrogen) atoms. The largest absolute Gasteiger partial charge is 2.00 e. The maximum atomic E-state index is 4.90. The second-order valence-corrected chi connectivity index (χ2v) is 12.7. The van der Waals surface area contributed by atoms with E-state index in [1.54, 1.807) is 0 Å². The third-order valence-electron chi connectivity index (χ3n) is 9.03. The number of hydrogen-bond donors (Lipinski definition) is 0. The molecule has 1 aliphatic carbocycles. The topological polar surface area (TPSA) is 38.7 Å². The molecule has 0 radical (unpaired) electrons. The van der Waals surface area contributed by atoms with Crippen molar-refractivity contribution in [3.05, 3.63) is 174 Å². The van der Waals surface area contributed by atoms with Gasteiger partial charge in [-0.2, -0.15) is 0 Å². The molecule has 3 heterocycles. The Labute approximate surface area is 284 Å². The van der Waals surface area contributed by atoms with Crippen molar-refractivity contribution in [2.24, 2.45) is 0 Å². The molecule has 0 saturated heterocycles. The van der Waals surface area contributed by atoms with E-state index in [0.29, 0.717) is 0 Å². The molecular weight excluding hydrogens is 742 g/mol. The summed E-state index contributed by atoms with van der Waals surface area (Å²) in [6.07, 6.45) is 5.62. The van der Waals surface area contributed by atoms with Gasteiger partial charge in [-0.25, -0.2) is 0 Å². The zero-order valence-corrected chi connectivity index (χ0v) is 28.1. The number of aromatic nitrogens is 3. The first kappa shape index (κ1) is 30.0. The molecule has 0 unspecified atom stereocenters. The summed E-state index contributed by atoms with van der Waals surface area (Å²) in [7, 11) is 0. The van der Waals surface area contributed by atoms with Crippen molar-refractivity contribution in [2.75, 3.05) is 0 Å². The first-order valence-electron chi connectivity index (χ1n) is 15.4. The van der Waals surface area contributed by atoms with E-state index in [0.717, 1.165) is 44.5 Å². The number of benzene rings is 4. The normalized spacial score (nSPS) is 13.1. The summed E-state index contributed by atoms with van der Waals surface area (Å²) in [5.41, 5.74) is 12.0. The van der Waals surface area contributed by atoms with Crippen LogP contribution in [0.25, 0.3) is 44.5 Å². The minimum Gasteiger partial charge on any atom is -0.305 e. The zero-order chi connectivity index (χ0) is 30.6.